The summed E-state index contributed by atoms with van der Waals surface area (Å²) < 4.78 is 5.62. The number of aromatic nitrogens is 2. The van der Waals surface area contributed by atoms with E-state index in [1.165, 1.54) is 12.0 Å². The van der Waals surface area contributed by atoms with Gasteiger partial charge in [0.05, 0.1) is 6.04 Å². The van der Waals surface area contributed by atoms with Gasteiger partial charge >= 0.3 is 0 Å². The Morgan fingerprint density at radius 3 is 2.49 bits per heavy atom. The van der Waals surface area contributed by atoms with Gasteiger partial charge in [0.1, 0.15) is 0 Å². The lowest BCUT2D eigenvalue weighted by molar-refractivity contribution is -0.128. The molecule has 35 heavy (non-hydrogen) atoms. The van der Waals surface area contributed by atoms with E-state index in [0.29, 0.717) is 12.3 Å². The average Bonchev–Trinajstić information content (AvgIpc) is 3.31. The number of piperidine rings is 1. The zero-order valence-corrected chi connectivity index (χ0v) is 20.8. The van der Waals surface area contributed by atoms with E-state index in [4.69, 9.17) is 16.1 Å². The first kappa shape index (κ1) is 24.0. The van der Waals surface area contributed by atoms with Gasteiger partial charge in [0.25, 0.3) is 0 Å². The van der Waals surface area contributed by atoms with Gasteiger partial charge in [-0.25, -0.2) is 0 Å². The van der Waals surface area contributed by atoms with Crippen molar-refractivity contribution in [2.24, 2.45) is 5.92 Å². The number of halogens is 1. The molecule has 184 valence electrons. The van der Waals surface area contributed by atoms with Gasteiger partial charge in [-0.15, -0.1) is 0 Å². The van der Waals surface area contributed by atoms with Crippen LogP contribution in [0.3, 0.4) is 0 Å². The summed E-state index contributed by atoms with van der Waals surface area (Å²) in [6, 6.07) is 18.2. The Bertz CT molecular complexity index is 1090. The van der Waals surface area contributed by atoms with E-state index in [1.807, 2.05) is 30.3 Å². The highest BCUT2D eigenvalue weighted by Crippen LogP contribution is 2.30. The van der Waals surface area contributed by atoms with E-state index >= 15 is 0 Å². The van der Waals surface area contributed by atoms with Gasteiger partial charge in [-0.3, -0.25) is 4.79 Å². The van der Waals surface area contributed by atoms with Gasteiger partial charge in [0.15, 0.2) is 5.82 Å². The van der Waals surface area contributed by atoms with Crippen LogP contribution in [-0.4, -0.2) is 40.6 Å². The van der Waals surface area contributed by atoms with Crippen LogP contribution in [0.15, 0.2) is 59.1 Å². The van der Waals surface area contributed by atoms with Crippen molar-refractivity contribution in [3.8, 4) is 0 Å². The molecule has 2 heterocycles. The molecule has 1 atom stereocenters. The lowest BCUT2D eigenvalue weighted by Gasteiger charge is -2.32. The number of carbonyl (C=O) groups excluding carboxylic acids is 1. The van der Waals surface area contributed by atoms with E-state index in [9.17, 15) is 4.79 Å². The summed E-state index contributed by atoms with van der Waals surface area (Å²) in [6.07, 6.45) is 6.80. The van der Waals surface area contributed by atoms with Crippen LogP contribution in [-0.2, 0) is 11.2 Å². The number of benzene rings is 2. The smallest absolute Gasteiger partial charge is 0.229 e. The molecule has 1 saturated heterocycles. The second-order valence-electron chi connectivity index (χ2n) is 9.86. The molecule has 7 heteroatoms. The van der Waals surface area contributed by atoms with E-state index in [1.54, 1.807) is 0 Å². The van der Waals surface area contributed by atoms with Crippen LogP contribution in [0.5, 0.6) is 0 Å². The summed E-state index contributed by atoms with van der Waals surface area (Å²) in [4.78, 5) is 19.8. The Morgan fingerprint density at radius 2 is 1.80 bits per heavy atom. The van der Waals surface area contributed by atoms with Gasteiger partial charge in [0.2, 0.25) is 11.8 Å². The molecular weight excluding hydrogens is 460 g/mol. The van der Waals surface area contributed by atoms with Crippen LogP contribution < -0.4 is 5.32 Å². The van der Waals surface area contributed by atoms with Crippen molar-refractivity contribution in [3.05, 3.63) is 82.5 Å². The standard InChI is InChI=1S/C28H33ClN4O2/c29-24-11-9-20(10-12-24)19-26-31-28(35-32-26)23-13-16-33(17-14-23)18-15-25(21-5-2-1-3-6-21)30-27(34)22-7-4-8-22/h1-3,5-6,9-12,22-23,25H,4,7-8,13-19H2,(H,30,34)/t25-/m0/s1. The van der Waals surface area contributed by atoms with Crippen molar-refractivity contribution in [3.63, 3.8) is 0 Å². The van der Waals surface area contributed by atoms with Crippen LogP contribution >= 0.6 is 11.6 Å². The predicted octanol–water partition coefficient (Wildman–Crippen LogP) is 5.54. The molecule has 1 aliphatic carbocycles. The highest BCUT2D eigenvalue weighted by atomic mass is 35.5. The summed E-state index contributed by atoms with van der Waals surface area (Å²) in [6.45, 7) is 2.96. The maximum atomic E-state index is 12.6. The minimum absolute atomic E-state index is 0.0633. The highest BCUT2D eigenvalue weighted by Gasteiger charge is 2.29. The van der Waals surface area contributed by atoms with E-state index in [0.717, 1.165) is 74.0 Å². The summed E-state index contributed by atoms with van der Waals surface area (Å²) in [7, 11) is 0. The predicted molar refractivity (Wildman–Crippen MR) is 136 cm³/mol. The Balaban J connectivity index is 1.12. The first-order valence-electron chi connectivity index (χ1n) is 12.8. The molecular formula is C28H33ClN4O2. The third-order valence-electron chi connectivity index (χ3n) is 7.42. The van der Waals surface area contributed by atoms with Gasteiger partial charge in [-0.2, -0.15) is 4.98 Å². The lowest BCUT2D eigenvalue weighted by Crippen LogP contribution is -2.39. The van der Waals surface area contributed by atoms with Crippen molar-refractivity contribution in [1.29, 1.82) is 0 Å². The Labute approximate surface area is 212 Å². The van der Waals surface area contributed by atoms with Gasteiger partial charge < -0.3 is 14.7 Å². The van der Waals surface area contributed by atoms with Gasteiger partial charge in [0, 0.05) is 29.8 Å². The second kappa shape index (κ2) is 11.4. The maximum absolute atomic E-state index is 12.6. The third-order valence-corrected chi connectivity index (χ3v) is 7.68. The van der Waals surface area contributed by atoms with Crippen molar-refractivity contribution < 1.29 is 9.32 Å². The molecule has 2 aromatic carbocycles. The zero-order chi connectivity index (χ0) is 24.0. The first-order chi connectivity index (χ1) is 17.1. The molecule has 1 aromatic heterocycles. The van der Waals surface area contributed by atoms with Gasteiger partial charge in [-0.1, -0.05) is 65.6 Å². The Hall–Kier alpha value is -2.70. The largest absolute Gasteiger partial charge is 0.349 e. The lowest BCUT2D eigenvalue weighted by atomic mass is 9.84. The zero-order valence-electron chi connectivity index (χ0n) is 20.0. The normalized spacial score (nSPS) is 18.2. The number of hydrogen-bond donors (Lipinski definition) is 1. The number of hydrogen-bond acceptors (Lipinski definition) is 5. The Morgan fingerprint density at radius 1 is 1.06 bits per heavy atom. The van der Waals surface area contributed by atoms with Crippen LogP contribution in [0.1, 0.15) is 73.3 Å². The monoisotopic (exact) mass is 492 g/mol. The summed E-state index contributed by atoms with van der Waals surface area (Å²) in [5.41, 5.74) is 2.31. The molecule has 2 fully saturated rings. The SMILES string of the molecule is O=C(N[C@@H](CCN1CCC(c2nc(Cc3ccc(Cl)cc3)no2)CC1)c1ccccc1)C1CCC1. The topological polar surface area (TPSA) is 71.3 Å². The molecule has 1 saturated carbocycles. The second-order valence-corrected chi connectivity index (χ2v) is 10.3. The quantitative estimate of drug-likeness (QED) is 0.424. The fourth-order valence-electron chi connectivity index (χ4n) is 4.97. The van der Waals surface area contributed by atoms with Crippen LogP contribution in [0, 0.1) is 5.92 Å². The molecule has 3 aromatic rings. The van der Waals surface area contributed by atoms with Crippen molar-refractivity contribution in [1.82, 2.24) is 20.4 Å². The van der Waals surface area contributed by atoms with Crippen molar-refractivity contribution >= 4 is 17.5 Å². The van der Waals surface area contributed by atoms with Crippen LogP contribution in [0.25, 0.3) is 0 Å². The van der Waals surface area contributed by atoms with Crippen molar-refractivity contribution in [2.45, 2.75) is 56.9 Å². The highest BCUT2D eigenvalue weighted by molar-refractivity contribution is 6.30. The molecule has 1 N–H and O–H groups in total. The number of nitrogens with one attached hydrogen (secondary N) is 1. The first-order valence-corrected chi connectivity index (χ1v) is 13.2. The molecule has 1 aliphatic heterocycles. The fraction of sp³-hybridized carbons (Fsp3) is 0.464. The van der Waals surface area contributed by atoms with Gasteiger partial charge in [-0.05, 0) is 68.5 Å². The maximum Gasteiger partial charge on any atom is 0.229 e. The third kappa shape index (κ3) is 6.30. The van der Waals surface area contributed by atoms with Crippen LogP contribution in [0.4, 0.5) is 0 Å². The van der Waals surface area contributed by atoms with Crippen LogP contribution in [0.2, 0.25) is 5.02 Å². The molecule has 6 nitrogen and oxygen atoms in total. The number of amides is 1. The summed E-state index contributed by atoms with van der Waals surface area (Å²) in [5, 5.41) is 8.26. The number of rotatable bonds is 9. The Kier molecular flexibility index (Phi) is 7.79. The molecule has 0 spiro atoms. The van der Waals surface area contributed by atoms with E-state index < -0.39 is 0 Å². The number of carbonyl (C=O) groups is 1. The molecule has 0 bridgehead atoms. The average molecular weight is 493 g/mol. The minimum Gasteiger partial charge on any atom is -0.349 e. The molecule has 0 radical (unpaired) electrons. The molecule has 5 rings (SSSR count). The summed E-state index contributed by atoms with van der Waals surface area (Å²) in [5.74, 6) is 2.20. The fourth-order valence-corrected chi connectivity index (χ4v) is 5.10. The van der Waals surface area contributed by atoms with E-state index in [2.05, 4.69) is 44.6 Å². The molecule has 2 aliphatic rings. The van der Waals surface area contributed by atoms with E-state index in [-0.39, 0.29) is 17.9 Å². The number of nitrogens with zero attached hydrogens (tertiary/aromatic N) is 3. The summed E-state index contributed by atoms with van der Waals surface area (Å²) >= 11 is 5.97. The van der Waals surface area contributed by atoms with Crippen molar-refractivity contribution in [2.75, 3.05) is 19.6 Å². The molecule has 1 amide bonds. The minimum atomic E-state index is 0.0633. The molecule has 0 unspecified atom stereocenters. The number of likely N-dealkylation sites (tertiary alicyclic amines) is 1.